The third kappa shape index (κ3) is 3.19. The molecule has 0 N–H and O–H groups in total. The maximum atomic E-state index is 12.7. The van der Waals surface area contributed by atoms with E-state index in [1.807, 2.05) is 54.3 Å². The number of carbonyl (C=O) groups excluding carboxylic acids is 2. The van der Waals surface area contributed by atoms with Gasteiger partial charge in [0.2, 0.25) is 5.91 Å². The normalized spacial score (nSPS) is 23.0. The number of hydrogen-bond donors (Lipinski definition) is 0. The van der Waals surface area contributed by atoms with E-state index in [1.165, 1.54) is 4.88 Å². The number of rotatable bonds is 3. The van der Waals surface area contributed by atoms with Gasteiger partial charge in [-0.25, -0.2) is 0 Å². The maximum Gasteiger partial charge on any atom is 0.253 e. The third-order valence-electron chi connectivity index (χ3n) is 4.77. The van der Waals surface area contributed by atoms with E-state index in [4.69, 9.17) is 4.74 Å². The Labute approximate surface area is 150 Å². The second-order valence-corrected chi connectivity index (χ2v) is 7.88. The highest BCUT2D eigenvalue weighted by Gasteiger charge is 2.45. The Kier molecular flexibility index (Phi) is 4.31. The summed E-state index contributed by atoms with van der Waals surface area (Å²) >= 11 is 1.65. The van der Waals surface area contributed by atoms with Crippen LogP contribution in [-0.4, -0.2) is 48.6 Å². The minimum absolute atomic E-state index is 0.0457. The first kappa shape index (κ1) is 16.3. The van der Waals surface area contributed by atoms with Crippen LogP contribution < -0.4 is 4.90 Å². The first-order valence-corrected chi connectivity index (χ1v) is 9.25. The zero-order chi connectivity index (χ0) is 17.4. The second kappa shape index (κ2) is 6.61. The topological polar surface area (TPSA) is 49.9 Å². The molecule has 3 heterocycles. The van der Waals surface area contributed by atoms with Gasteiger partial charge >= 0.3 is 0 Å². The molecule has 25 heavy (non-hydrogen) atoms. The Morgan fingerprint density at radius 3 is 2.72 bits per heavy atom. The molecule has 1 aromatic carbocycles. The number of morpholine rings is 1. The third-order valence-corrected chi connectivity index (χ3v) is 5.77. The molecule has 130 valence electrons. The molecule has 2 aromatic rings. The van der Waals surface area contributed by atoms with E-state index >= 15 is 0 Å². The lowest BCUT2D eigenvalue weighted by Gasteiger charge is -2.36. The van der Waals surface area contributed by atoms with Crippen LogP contribution in [0.2, 0.25) is 0 Å². The molecule has 0 bridgehead atoms. The van der Waals surface area contributed by atoms with Crippen LogP contribution in [-0.2, 0) is 20.7 Å². The maximum absolute atomic E-state index is 12.7. The van der Waals surface area contributed by atoms with E-state index in [-0.39, 0.29) is 30.6 Å². The van der Waals surface area contributed by atoms with E-state index in [0.717, 1.165) is 10.6 Å². The van der Waals surface area contributed by atoms with Crippen molar-refractivity contribution in [1.82, 2.24) is 4.90 Å². The molecule has 6 heteroatoms. The minimum atomic E-state index is -0.119. The van der Waals surface area contributed by atoms with Crippen LogP contribution in [0.25, 0.3) is 0 Å². The molecule has 0 spiro atoms. The predicted molar refractivity (Wildman–Crippen MR) is 96.8 cm³/mol. The largest absolute Gasteiger partial charge is 0.364 e. The number of aryl methyl sites for hydroxylation is 1. The summed E-state index contributed by atoms with van der Waals surface area (Å²) in [5, 5.41) is 0. The number of benzene rings is 1. The van der Waals surface area contributed by atoms with Crippen LogP contribution >= 0.6 is 11.3 Å². The van der Waals surface area contributed by atoms with Crippen LogP contribution in [0.4, 0.5) is 5.69 Å². The molecule has 2 amide bonds. The van der Waals surface area contributed by atoms with Crippen molar-refractivity contribution in [2.75, 3.05) is 24.6 Å². The summed E-state index contributed by atoms with van der Waals surface area (Å²) in [7, 11) is 0. The highest BCUT2D eigenvalue weighted by Crippen LogP contribution is 2.29. The molecular weight excluding hydrogens is 336 g/mol. The Bertz CT molecular complexity index is 789. The number of amides is 2. The van der Waals surface area contributed by atoms with Gasteiger partial charge in [0.1, 0.15) is 6.61 Å². The Balaban J connectivity index is 1.50. The van der Waals surface area contributed by atoms with Gasteiger partial charge in [0, 0.05) is 28.5 Å². The molecule has 2 aliphatic heterocycles. The summed E-state index contributed by atoms with van der Waals surface area (Å²) in [4.78, 5) is 31.0. The highest BCUT2D eigenvalue weighted by molar-refractivity contribution is 7.12. The van der Waals surface area contributed by atoms with Gasteiger partial charge in [-0.05, 0) is 31.2 Å². The van der Waals surface area contributed by atoms with Crippen molar-refractivity contribution in [3.8, 4) is 0 Å². The number of anilines is 1. The van der Waals surface area contributed by atoms with Gasteiger partial charge in [-0.1, -0.05) is 18.2 Å². The molecule has 0 radical (unpaired) electrons. The molecular formula is C19H20N2O3S. The molecule has 4 rings (SSSR count). The Hall–Kier alpha value is -2.18. The Morgan fingerprint density at radius 1 is 1.20 bits per heavy atom. The van der Waals surface area contributed by atoms with Crippen LogP contribution in [0.15, 0.2) is 42.5 Å². The molecule has 1 aromatic heterocycles. The minimum Gasteiger partial charge on any atom is -0.364 e. The van der Waals surface area contributed by atoms with Gasteiger partial charge in [0.25, 0.3) is 5.91 Å². The molecule has 0 saturated carbocycles. The number of para-hydroxylation sites is 1. The van der Waals surface area contributed by atoms with Gasteiger partial charge in [0.15, 0.2) is 0 Å². The molecule has 0 aliphatic carbocycles. The number of thiophene rings is 1. The summed E-state index contributed by atoms with van der Waals surface area (Å²) in [5.74, 6) is 0.0518. The van der Waals surface area contributed by atoms with Crippen LogP contribution in [0.3, 0.4) is 0 Å². The van der Waals surface area contributed by atoms with Crippen LogP contribution in [0.5, 0.6) is 0 Å². The molecule has 2 aliphatic rings. The smallest absolute Gasteiger partial charge is 0.253 e. The van der Waals surface area contributed by atoms with Crippen molar-refractivity contribution in [2.45, 2.75) is 25.5 Å². The summed E-state index contributed by atoms with van der Waals surface area (Å²) in [6.45, 7) is 3.18. The molecule has 2 saturated heterocycles. The van der Waals surface area contributed by atoms with Crippen LogP contribution in [0, 0.1) is 6.92 Å². The van der Waals surface area contributed by atoms with Crippen molar-refractivity contribution in [3.63, 3.8) is 0 Å². The monoisotopic (exact) mass is 356 g/mol. The summed E-state index contributed by atoms with van der Waals surface area (Å²) in [5.41, 5.74) is 0.869. The number of fused-ring (bicyclic) bond motifs is 1. The fourth-order valence-corrected chi connectivity index (χ4v) is 4.45. The van der Waals surface area contributed by atoms with Crippen molar-refractivity contribution < 1.29 is 14.3 Å². The molecule has 5 nitrogen and oxygen atoms in total. The quantitative estimate of drug-likeness (QED) is 0.847. The molecule has 2 fully saturated rings. The fraction of sp³-hybridized carbons (Fsp3) is 0.368. The summed E-state index contributed by atoms with van der Waals surface area (Å²) in [6.07, 6.45) is 0.295. The van der Waals surface area contributed by atoms with Crippen molar-refractivity contribution in [3.05, 3.63) is 52.2 Å². The number of ether oxygens (including phenoxy) is 1. The number of nitrogens with zero attached hydrogens (tertiary/aromatic N) is 2. The van der Waals surface area contributed by atoms with Gasteiger partial charge < -0.3 is 14.5 Å². The first-order chi connectivity index (χ1) is 12.1. The summed E-state index contributed by atoms with van der Waals surface area (Å²) in [6, 6.07) is 13.6. The fourth-order valence-electron chi connectivity index (χ4n) is 3.57. The zero-order valence-electron chi connectivity index (χ0n) is 14.1. The average Bonchev–Trinajstić information content (AvgIpc) is 3.21. The van der Waals surface area contributed by atoms with Crippen molar-refractivity contribution in [2.24, 2.45) is 0 Å². The van der Waals surface area contributed by atoms with E-state index in [9.17, 15) is 9.59 Å². The van der Waals surface area contributed by atoms with E-state index in [1.54, 1.807) is 16.2 Å². The lowest BCUT2D eigenvalue weighted by Crippen LogP contribution is -2.54. The van der Waals surface area contributed by atoms with Gasteiger partial charge in [-0.3, -0.25) is 9.59 Å². The molecule has 0 unspecified atom stereocenters. The van der Waals surface area contributed by atoms with E-state index in [2.05, 4.69) is 0 Å². The predicted octanol–water partition coefficient (Wildman–Crippen LogP) is 2.24. The van der Waals surface area contributed by atoms with E-state index in [0.29, 0.717) is 19.5 Å². The van der Waals surface area contributed by atoms with Crippen LogP contribution in [0.1, 0.15) is 9.75 Å². The average molecular weight is 356 g/mol. The number of carbonyl (C=O) groups is 2. The van der Waals surface area contributed by atoms with Crippen molar-refractivity contribution >= 4 is 28.8 Å². The van der Waals surface area contributed by atoms with Gasteiger partial charge in [0.05, 0.1) is 18.6 Å². The lowest BCUT2D eigenvalue weighted by atomic mass is 10.1. The SMILES string of the molecule is Cc1ccc(CC(=O)N2C[C@@H]3OCC(=O)N(c4ccccc4)[C@H]3C2)s1. The molecule has 2 atom stereocenters. The highest BCUT2D eigenvalue weighted by atomic mass is 32.1. The number of hydrogen-bond acceptors (Lipinski definition) is 4. The zero-order valence-corrected chi connectivity index (χ0v) is 14.9. The summed E-state index contributed by atoms with van der Waals surface area (Å²) < 4.78 is 5.72. The van der Waals surface area contributed by atoms with E-state index < -0.39 is 0 Å². The first-order valence-electron chi connectivity index (χ1n) is 8.43. The second-order valence-electron chi connectivity index (χ2n) is 6.50. The van der Waals surface area contributed by atoms with Gasteiger partial charge in [-0.15, -0.1) is 11.3 Å². The standard InChI is InChI=1S/C19H20N2O3S/c1-13-7-8-15(25-13)9-18(22)20-10-16-17(11-20)24-12-19(23)21(16)14-5-3-2-4-6-14/h2-8,16-17H,9-12H2,1H3/t16-,17-/m0/s1. The van der Waals surface area contributed by atoms with Gasteiger partial charge in [-0.2, -0.15) is 0 Å². The Morgan fingerprint density at radius 2 is 2.00 bits per heavy atom. The number of likely N-dealkylation sites (tertiary alicyclic amines) is 1. The lowest BCUT2D eigenvalue weighted by molar-refractivity contribution is -0.130. The van der Waals surface area contributed by atoms with Crippen molar-refractivity contribution in [1.29, 1.82) is 0 Å².